The third-order valence-electron chi connectivity index (χ3n) is 5.33. The molecule has 3 atom stereocenters. The zero-order valence-corrected chi connectivity index (χ0v) is 15.7. The van der Waals surface area contributed by atoms with Crippen LogP contribution in [-0.2, 0) is 4.79 Å². The van der Waals surface area contributed by atoms with Gasteiger partial charge in [-0.05, 0) is 24.6 Å². The first-order chi connectivity index (χ1) is 13.9. The summed E-state index contributed by atoms with van der Waals surface area (Å²) in [5.41, 5.74) is 5.99. The quantitative estimate of drug-likeness (QED) is 0.773. The molecule has 0 aromatic heterocycles. The molecule has 0 spiro atoms. The molecule has 2 N–H and O–H groups in total. The van der Waals surface area contributed by atoms with Crippen molar-refractivity contribution in [1.29, 1.82) is 0 Å². The number of allylic oxidation sites excluding steroid dienone is 1. The van der Waals surface area contributed by atoms with Crippen molar-refractivity contribution in [2.75, 3.05) is 13.6 Å². The third kappa shape index (κ3) is 3.33. The highest BCUT2D eigenvalue weighted by molar-refractivity contribution is 6.11. The van der Waals surface area contributed by atoms with Gasteiger partial charge in [-0.25, -0.2) is 13.8 Å². The van der Waals surface area contributed by atoms with E-state index in [4.69, 9.17) is 5.73 Å². The highest BCUT2D eigenvalue weighted by Gasteiger charge is 2.51. The number of hydrogen-bond acceptors (Lipinski definition) is 5. The van der Waals surface area contributed by atoms with E-state index in [1.165, 1.54) is 18.3 Å². The Balaban J connectivity index is 1.64. The summed E-state index contributed by atoms with van der Waals surface area (Å²) >= 11 is 0. The maximum Gasteiger partial charge on any atom is 0.263 e. The summed E-state index contributed by atoms with van der Waals surface area (Å²) in [6.45, 7) is 0.271. The van der Waals surface area contributed by atoms with Crippen LogP contribution in [0.1, 0.15) is 17.5 Å². The molecule has 29 heavy (non-hydrogen) atoms. The normalized spacial score (nSPS) is 28.0. The largest absolute Gasteiger partial charge is 0.385 e. The van der Waals surface area contributed by atoms with Crippen LogP contribution in [-0.4, -0.2) is 60.8 Å². The summed E-state index contributed by atoms with van der Waals surface area (Å²) in [5.74, 6) is 5.11. The number of nitrogens with two attached hydrogens (primary N) is 1. The van der Waals surface area contributed by atoms with Crippen LogP contribution in [0, 0.1) is 17.3 Å². The van der Waals surface area contributed by atoms with E-state index in [0.717, 1.165) is 5.56 Å². The van der Waals surface area contributed by atoms with Gasteiger partial charge in [-0.3, -0.25) is 14.8 Å². The molecule has 1 amide bonds. The van der Waals surface area contributed by atoms with Crippen molar-refractivity contribution in [2.24, 2.45) is 26.1 Å². The second-order valence-corrected chi connectivity index (χ2v) is 7.21. The maximum absolute atomic E-state index is 13.7. The van der Waals surface area contributed by atoms with Gasteiger partial charge in [-0.2, -0.15) is 0 Å². The molecule has 0 saturated carbocycles. The predicted octanol–water partition coefficient (Wildman–Crippen LogP) is 1.65. The standard InChI is InChI=1S/C21H19F2N5O/c1-28-10-9-21(19(22)23,20(28)29)8-7-13-3-2-4-14(11-13)15-5-6-16-17(27-15)18(24)26-12-25-16/h2-6,11-12,16-17,19H,9-10H2,1H3,(H2,24,25,26)/t16?,17?,21-/m0/s1. The topological polar surface area (TPSA) is 83.4 Å². The number of rotatable bonds is 2. The molecule has 6 nitrogen and oxygen atoms in total. The van der Waals surface area contributed by atoms with Crippen LogP contribution in [0.2, 0.25) is 0 Å². The molecular formula is C21H19F2N5O. The van der Waals surface area contributed by atoms with Crippen LogP contribution in [0.5, 0.6) is 0 Å². The van der Waals surface area contributed by atoms with Gasteiger partial charge in [-0.15, -0.1) is 0 Å². The summed E-state index contributed by atoms with van der Waals surface area (Å²) in [7, 11) is 1.51. The molecule has 1 aromatic carbocycles. The molecular weight excluding hydrogens is 376 g/mol. The molecule has 0 aliphatic carbocycles. The van der Waals surface area contributed by atoms with Gasteiger partial charge < -0.3 is 10.6 Å². The molecule has 4 rings (SSSR count). The first kappa shape index (κ1) is 19.0. The number of fused-ring (bicyclic) bond motifs is 1. The number of amides is 1. The van der Waals surface area contributed by atoms with Crippen molar-refractivity contribution in [3.05, 3.63) is 47.5 Å². The van der Waals surface area contributed by atoms with Gasteiger partial charge in [0.2, 0.25) is 5.91 Å². The molecule has 1 aromatic rings. The van der Waals surface area contributed by atoms with Crippen LogP contribution < -0.4 is 5.73 Å². The van der Waals surface area contributed by atoms with Crippen LogP contribution >= 0.6 is 0 Å². The van der Waals surface area contributed by atoms with Crippen molar-refractivity contribution >= 4 is 23.8 Å². The van der Waals surface area contributed by atoms with Crippen LogP contribution in [0.4, 0.5) is 8.78 Å². The number of nitrogens with zero attached hydrogens (tertiary/aromatic N) is 4. The summed E-state index contributed by atoms with van der Waals surface area (Å²) in [6.07, 6.45) is 2.36. The Labute approximate surface area is 166 Å². The Morgan fingerprint density at radius 1 is 1.38 bits per heavy atom. The monoisotopic (exact) mass is 395 g/mol. The van der Waals surface area contributed by atoms with Crippen LogP contribution in [0.25, 0.3) is 0 Å². The molecule has 1 saturated heterocycles. The van der Waals surface area contributed by atoms with E-state index >= 15 is 0 Å². The Bertz CT molecular complexity index is 1030. The molecule has 0 bridgehead atoms. The van der Waals surface area contributed by atoms with Gasteiger partial charge >= 0.3 is 0 Å². The SMILES string of the molecule is CN1CC[C@@](C#Cc2cccc(C3=NC4C(N)=NC=NC4C=C3)c2)(C(F)F)C1=O. The van der Waals surface area contributed by atoms with Gasteiger partial charge in [0.05, 0.1) is 11.8 Å². The van der Waals surface area contributed by atoms with Crippen LogP contribution in [0.3, 0.4) is 0 Å². The first-order valence-electron chi connectivity index (χ1n) is 9.19. The number of carbonyl (C=O) groups excluding carboxylic acids is 1. The Morgan fingerprint density at radius 2 is 2.21 bits per heavy atom. The van der Waals surface area contributed by atoms with Gasteiger partial charge in [0.1, 0.15) is 18.2 Å². The van der Waals surface area contributed by atoms with E-state index in [1.54, 1.807) is 18.2 Å². The van der Waals surface area contributed by atoms with Crippen molar-refractivity contribution < 1.29 is 13.6 Å². The smallest absolute Gasteiger partial charge is 0.263 e. The fourth-order valence-corrected chi connectivity index (χ4v) is 3.57. The average Bonchev–Trinajstić information content (AvgIpc) is 3.02. The van der Waals surface area contributed by atoms with E-state index in [0.29, 0.717) is 17.1 Å². The highest BCUT2D eigenvalue weighted by atomic mass is 19.3. The zero-order chi connectivity index (χ0) is 20.6. The summed E-state index contributed by atoms with van der Waals surface area (Å²) in [5, 5.41) is 0. The minimum absolute atomic E-state index is 0.0182. The van der Waals surface area contributed by atoms with E-state index in [2.05, 4.69) is 26.8 Å². The molecule has 8 heteroatoms. The molecule has 1 fully saturated rings. The highest BCUT2D eigenvalue weighted by Crippen LogP contribution is 2.37. The van der Waals surface area contributed by atoms with Gasteiger partial charge in [-0.1, -0.05) is 30.0 Å². The van der Waals surface area contributed by atoms with Crippen molar-refractivity contribution in [2.45, 2.75) is 24.9 Å². The van der Waals surface area contributed by atoms with E-state index in [1.807, 2.05) is 18.2 Å². The van der Waals surface area contributed by atoms with E-state index in [-0.39, 0.29) is 25.0 Å². The number of aliphatic imine (C=N–C) groups is 3. The number of likely N-dealkylation sites (tertiary alicyclic amines) is 1. The van der Waals surface area contributed by atoms with E-state index in [9.17, 15) is 13.6 Å². The van der Waals surface area contributed by atoms with E-state index < -0.39 is 17.7 Å². The van der Waals surface area contributed by atoms with Crippen molar-refractivity contribution in [3.63, 3.8) is 0 Å². The average molecular weight is 395 g/mol. The minimum Gasteiger partial charge on any atom is -0.385 e. The van der Waals surface area contributed by atoms with Gasteiger partial charge in [0.25, 0.3) is 6.43 Å². The minimum atomic E-state index is -2.84. The molecule has 3 aliphatic heterocycles. The summed E-state index contributed by atoms with van der Waals surface area (Å²) < 4.78 is 27.3. The number of hydrogen-bond donors (Lipinski definition) is 1. The number of amidine groups is 1. The maximum atomic E-state index is 13.7. The second kappa shape index (κ2) is 7.24. The molecule has 3 heterocycles. The molecule has 0 radical (unpaired) electrons. The third-order valence-corrected chi connectivity index (χ3v) is 5.33. The lowest BCUT2D eigenvalue weighted by atomic mass is 9.87. The number of halogens is 2. The number of carbonyl (C=O) groups is 1. The predicted molar refractivity (Wildman–Crippen MR) is 107 cm³/mol. The number of benzene rings is 1. The van der Waals surface area contributed by atoms with Gasteiger partial charge in [0.15, 0.2) is 5.41 Å². The van der Waals surface area contributed by atoms with Crippen molar-refractivity contribution in [1.82, 2.24) is 4.90 Å². The molecule has 148 valence electrons. The fraction of sp³-hybridized carbons (Fsp3) is 0.333. The lowest BCUT2D eigenvalue weighted by Gasteiger charge is -2.24. The lowest BCUT2D eigenvalue weighted by molar-refractivity contribution is -0.138. The number of alkyl halides is 2. The first-order valence-corrected chi connectivity index (χ1v) is 9.19. The Morgan fingerprint density at radius 3 is 2.93 bits per heavy atom. The summed E-state index contributed by atoms with van der Waals surface area (Å²) in [6, 6.07) is 6.58. The second-order valence-electron chi connectivity index (χ2n) is 7.21. The zero-order valence-electron chi connectivity index (χ0n) is 15.7. The molecule has 2 unspecified atom stereocenters. The molecule has 3 aliphatic rings. The number of dihydropyridines is 1. The lowest BCUT2D eigenvalue weighted by Crippen LogP contribution is -2.40. The van der Waals surface area contributed by atoms with Gasteiger partial charge in [0, 0.05) is 24.7 Å². The fourth-order valence-electron chi connectivity index (χ4n) is 3.57. The summed E-state index contributed by atoms with van der Waals surface area (Å²) in [4.78, 5) is 26.4. The Hall–Kier alpha value is -3.34. The Kier molecular flexibility index (Phi) is 4.74. The van der Waals surface area contributed by atoms with Crippen molar-refractivity contribution in [3.8, 4) is 11.8 Å². The van der Waals surface area contributed by atoms with Crippen LogP contribution in [0.15, 0.2) is 51.4 Å².